The zero-order valence-electron chi connectivity index (χ0n) is 17.8. The van der Waals surface area contributed by atoms with E-state index in [1.807, 2.05) is 18.2 Å². The van der Waals surface area contributed by atoms with Crippen LogP contribution in [0.15, 0.2) is 60.4 Å². The molecule has 0 saturated heterocycles. The van der Waals surface area contributed by atoms with Crippen LogP contribution in [-0.2, 0) is 17.7 Å². The summed E-state index contributed by atoms with van der Waals surface area (Å²) in [5.74, 6) is 0.693. The number of hydrogen-bond donors (Lipinski definition) is 1. The van der Waals surface area contributed by atoms with Crippen molar-refractivity contribution in [3.63, 3.8) is 0 Å². The number of amides is 1. The molecule has 6 heteroatoms. The van der Waals surface area contributed by atoms with Gasteiger partial charge in [0, 0.05) is 30.9 Å². The second kappa shape index (κ2) is 9.65. The van der Waals surface area contributed by atoms with Gasteiger partial charge in [0.2, 0.25) is 0 Å². The highest BCUT2D eigenvalue weighted by Gasteiger charge is 2.18. The molecule has 1 N–H and O–H groups in total. The molecule has 1 amide bonds. The zero-order valence-corrected chi connectivity index (χ0v) is 17.8. The Morgan fingerprint density at radius 1 is 1.17 bits per heavy atom. The smallest absolute Gasteiger partial charge is 0.407 e. The Hall–Kier alpha value is -3.02. The maximum absolute atomic E-state index is 13.2. The maximum Gasteiger partial charge on any atom is 0.407 e. The van der Waals surface area contributed by atoms with Crippen LogP contribution in [-0.4, -0.2) is 31.4 Å². The molecular formula is C24H29FN2O3. The Morgan fingerprint density at radius 3 is 2.63 bits per heavy atom. The molecule has 1 aliphatic rings. The number of halogens is 1. The molecule has 0 saturated carbocycles. The van der Waals surface area contributed by atoms with E-state index >= 15 is 0 Å². The molecule has 0 unspecified atom stereocenters. The number of rotatable bonds is 6. The maximum atomic E-state index is 13.2. The summed E-state index contributed by atoms with van der Waals surface area (Å²) < 4.78 is 24.1. The number of alkyl carbamates (subject to hydrolysis) is 1. The first-order chi connectivity index (χ1) is 14.3. The monoisotopic (exact) mass is 412 g/mol. The minimum Gasteiger partial charge on any atom is -0.489 e. The van der Waals surface area contributed by atoms with Crippen LogP contribution in [0.1, 0.15) is 31.9 Å². The van der Waals surface area contributed by atoms with Crippen molar-refractivity contribution in [2.75, 3.05) is 24.6 Å². The van der Waals surface area contributed by atoms with Crippen LogP contribution in [0.2, 0.25) is 0 Å². The summed E-state index contributed by atoms with van der Waals surface area (Å²) in [5, 5.41) is 2.54. The van der Waals surface area contributed by atoms with Crippen LogP contribution in [0.25, 0.3) is 0 Å². The molecule has 0 spiro atoms. The number of carbonyl (C=O) groups excluding carboxylic acids is 1. The van der Waals surface area contributed by atoms with Crippen LogP contribution in [0, 0.1) is 0 Å². The third kappa shape index (κ3) is 6.24. The van der Waals surface area contributed by atoms with Gasteiger partial charge in [-0.15, -0.1) is 0 Å². The van der Waals surface area contributed by atoms with E-state index in [2.05, 4.69) is 40.5 Å². The van der Waals surface area contributed by atoms with Gasteiger partial charge in [-0.25, -0.2) is 9.18 Å². The standard InChI is InChI=1S/C24H29FN2O3/c1-24(2,3)30-23(28)26-15-18(14-25)17-29-22-10-9-20-16-27(12-11-19(20)13-22)21-7-5-4-6-8-21/h4-10,13-14H,11-12,15-17H2,1-3H3,(H,26,28)/b18-14-. The van der Waals surface area contributed by atoms with Crippen molar-refractivity contribution in [3.05, 3.63) is 71.6 Å². The topological polar surface area (TPSA) is 50.8 Å². The Labute approximate surface area is 177 Å². The van der Waals surface area contributed by atoms with E-state index in [0.717, 1.165) is 19.5 Å². The van der Waals surface area contributed by atoms with Crippen molar-refractivity contribution in [1.82, 2.24) is 5.32 Å². The second-order valence-electron chi connectivity index (χ2n) is 8.35. The van der Waals surface area contributed by atoms with E-state index in [0.29, 0.717) is 17.7 Å². The fourth-order valence-electron chi connectivity index (χ4n) is 3.28. The molecule has 160 valence electrons. The summed E-state index contributed by atoms with van der Waals surface area (Å²) in [6.45, 7) is 7.21. The van der Waals surface area contributed by atoms with Gasteiger partial charge in [-0.2, -0.15) is 0 Å². The number of ether oxygens (including phenoxy) is 2. The number of carbonyl (C=O) groups is 1. The van der Waals surface area contributed by atoms with Crippen LogP contribution in [0.4, 0.5) is 14.9 Å². The molecule has 0 radical (unpaired) electrons. The number of para-hydroxylation sites is 1. The van der Waals surface area contributed by atoms with E-state index in [9.17, 15) is 9.18 Å². The molecule has 3 rings (SSSR count). The number of nitrogens with zero attached hydrogens (tertiary/aromatic N) is 1. The van der Waals surface area contributed by atoms with Crippen molar-refractivity contribution in [3.8, 4) is 5.75 Å². The van der Waals surface area contributed by atoms with Crippen molar-refractivity contribution in [2.24, 2.45) is 0 Å². The van der Waals surface area contributed by atoms with E-state index in [1.165, 1.54) is 16.8 Å². The Bertz CT molecular complexity index is 891. The Kier molecular flexibility index (Phi) is 6.98. The Morgan fingerprint density at radius 2 is 1.93 bits per heavy atom. The van der Waals surface area contributed by atoms with Gasteiger partial charge in [0.1, 0.15) is 18.0 Å². The lowest BCUT2D eigenvalue weighted by molar-refractivity contribution is 0.0531. The van der Waals surface area contributed by atoms with Gasteiger partial charge in [0.15, 0.2) is 0 Å². The summed E-state index contributed by atoms with van der Waals surface area (Å²) in [6.07, 6.45) is 0.805. The molecule has 0 fully saturated rings. The van der Waals surface area contributed by atoms with E-state index in [1.54, 1.807) is 20.8 Å². The molecule has 2 aromatic carbocycles. The Balaban J connectivity index is 1.52. The van der Waals surface area contributed by atoms with Crippen LogP contribution < -0.4 is 15.0 Å². The third-order valence-corrected chi connectivity index (χ3v) is 4.75. The molecular weight excluding hydrogens is 383 g/mol. The van der Waals surface area contributed by atoms with Gasteiger partial charge in [-0.05, 0) is 62.6 Å². The molecule has 0 aliphatic carbocycles. The van der Waals surface area contributed by atoms with Gasteiger partial charge in [0.25, 0.3) is 0 Å². The minimum atomic E-state index is -0.598. The van der Waals surface area contributed by atoms with Crippen LogP contribution in [0.5, 0.6) is 5.75 Å². The van der Waals surface area contributed by atoms with Crippen molar-refractivity contribution >= 4 is 11.8 Å². The molecule has 1 aliphatic heterocycles. The minimum absolute atomic E-state index is 0.0301. The van der Waals surface area contributed by atoms with Gasteiger partial charge in [-0.1, -0.05) is 24.3 Å². The highest BCUT2D eigenvalue weighted by atomic mass is 19.1. The average Bonchev–Trinajstić information content (AvgIpc) is 2.72. The number of anilines is 1. The summed E-state index contributed by atoms with van der Waals surface area (Å²) in [6, 6.07) is 16.4. The lowest BCUT2D eigenvalue weighted by Gasteiger charge is -2.31. The first-order valence-electron chi connectivity index (χ1n) is 10.1. The molecule has 2 aromatic rings. The highest BCUT2D eigenvalue weighted by Crippen LogP contribution is 2.27. The SMILES string of the molecule is CC(C)(C)OC(=O)NC/C(=C/F)COc1ccc2c(c1)CCN(c1ccccc1)C2. The quantitative estimate of drug-likeness (QED) is 0.725. The third-order valence-electron chi connectivity index (χ3n) is 4.75. The van der Waals surface area contributed by atoms with Crippen molar-refractivity contribution in [2.45, 2.75) is 39.3 Å². The van der Waals surface area contributed by atoms with Gasteiger partial charge < -0.3 is 19.7 Å². The summed E-state index contributed by atoms with van der Waals surface area (Å²) in [4.78, 5) is 14.1. The first-order valence-corrected chi connectivity index (χ1v) is 10.1. The van der Waals surface area contributed by atoms with E-state index < -0.39 is 11.7 Å². The van der Waals surface area contributed by atoms with Crippen LogP contribution >= 0.6 is 0 Å². The molecule has 0 aromatic heterocycles. The van der Waals surface area contributed by atoms with Gasteiger partial charge in [0.05, 0.1) is 6.33 Å². The predicted octanol–water partition coefficient (Wildman–Crippen LogP) is 5.01. The van der Waals surface area contributed by atoms with Crippen molar-refractivity contribution < 1.29 is 18.7 Å². The molecule has 0 atom stereocenters. The van der Waals surface area contributed by atoms with Crippen LogP contribution in [0.3, 0.4) is 0 Å². The van der Waals surface area contributed by atoms with Crippen molar-refractivity contribution in [1.29, 1.82) is 0 Å². The molecule has 30 heavy (non-hydrogen) atoms. The lowest BCUT2D eigenvalue weighted by atomic mass is 9.99. The number of fused-ring (bicyclic) bond motifs is 1. The number of benzene rings is 2. The number of hydrogen-bond acceptors (Lipinski definition) is 4. The molecule has 5 nitrogen and oxygen atoms in total. The zero-order chi connectivity index (χ0) is 21.6. The van der Waals surface area contributed by atoms with Gasteiger partial charge >= 0.3 is 6.09 Å². The first kappa shape index (κ1) is 21.7. The average molecular weight is 413 g/mol. The fraction of sp³-hybridized carbons (Fsp3) is 0.375. The molecule has 0 bridgehead atoms. The fourth-order valence-corrected chi connectivity index (χ4v) is 3.28. The summed E-state index contributed by atoms with van der Waals surface area (Å²) >= 11 is 0. The number of nitrogens with one attached hydrogen (secondary N) is 1. The predicted molar refractivity (Wildman–Crippen MR) is 117 cm³/mol. The van der Waals surface area contributed by atoms with Gasteiger partial charge in [-0.3, -0.25) is 0 Å². The summed E-state index contributed by atoms with van der Waals surface area (Å²) in [5.41, 5.74) is 3.47. The lowest BCUT2D eigenvalue weighted by Crippen LogP contribution is -2.34. The molecule has 1 heterocycles. The second-order valence-corrected chi connectivity index (χ2v) is 8.35. The van der Waals surface area contributed by atoms with E-state index in [4.69, 9.17) is 9.47 Å². The van der Waals surface area contributed by atoms with E-state index in [-0.39, 0.29) is 13.2 Å². The summed E-state index contributed by atoms with van der Waals surface area (Å²) in [7, 11) is 0. The normalized spacial score (nSPS) is 14.1. The largest absolute Gasteiger partial charge is 0.489 e. The highest BCUT2D eigenvalue weighted by molar-refractivity contribution is 5.68.